The first-order chi connectivity index (χ1) is 8.34. The molecule has 0 aromatic carbocycles. The number of aliphatic imine (C=N–C) groups is 1. The molecule has 17 heavy (non-hydrogen) atoms. The molecule has 0 atom stereocenters. The highest BCUT2D eigenvalue weighted by atomic mass is 16.5. The summed E-state index contributed by atoms with van der Waals surface area (Å²) in [5.41, 5.74) is 5.84. The molecule has 0 aromatic rings. The average Bonchev–Trinajstić information content (AvgIpc) is 3.14. The minimum Gasteiger partial charge on any atom is -0.379 e. The van der Waals surface area contributed by atoms with Gasteiger partial charge in [0, 0.05) is 12.6 Å². The Hall–Kier alpha value is -0.770. The van der Waals surface area contributed by atoms with Gasteiger partial charge >= 0.3 is 0 Å². The molecule has 4 heteroatoms. The van der Waals surface area contributed by atoms with Crippen molar-refractivity contribution in [2.75, 3.05) is 19.8 Å². The standard InChI is InChI=1S/C13H25N3O/c14-13(16-12-4-2-1-3-5-12)15-8-9-17-10-11-6-7-11/h11-12H,1-10H2,(H3,14,15,16). The van der Waals surface area contributed by atoms with Gasteiger partial charge in [0.15, 0.2) is 5.96 Å². The number of rotatable bonds is 6. The molecular formula is C13H25N3O. The normalized spacial score (nSPS) is 22.7. The van der Waals surface area contributed by atoms with Crippen LogP contribution in [0.3, 0.4) is 0 Å². The van der Waals surface area contributed by atoms with Gasteiger partial charge in [0.1, 0.15) is 0 Å². The molecule has 0 amide bonds. The van der Waals surface area contributed by atoms with Crippen LogP contribution in [0.1, 0.15) is 44.9 Å². The molecular weight excluding hydrogens is 214 g/mol. The van der Waals surface area contributed by atoms with Gasteiger partial charge in [-0.2, -0.15) is 0 Å². The van der Waals surface area contributed by atoms with Crippen LogP contribution in [0.25, 0.3) is 0 Å². The number of nitrogens with one attached hydrogen (secondary N) is 1. The van der Waals surface area contributed by atoms with E-state index in [-0.39, 0.29) is 0 Å². The van der Waals surface area contributed by atoms with Crippen LogP contribution in [0.4, 0.5) is 0 Å². The summed E-state index contributed by atoms with van der Waals surface area (Å²) in [5, 5.41) is 3.30. The molecule has 0 bridgehead atoms. The van der Waals surface area contributed by atoms with E-state index in [4.69, 9.17) is 10.5 Å². The molecule has 0 heterocycles. The molecule has 2 fully saturated rings. The van der Waals surface area contributed by atoms with Crippen molar-refractivity contribution in [2.24, 2.45) is 16.6 Å². The summed E-state index contributed by atoms with van der Waals surface area (Å²) in [6.45, 7) is 2.29. The third-order valence-corrected chi connectivity index (χ3v) is 3.53. The second-order valence-electron chi connectivity index (χ2n) is 5.26. The zero-order chi connectivity index (χ0) is 11.9. The summed E-state index contributed by atoms with van der Waals surface area (Å²) >= 11 is 0. The first-order valence-corrected chi connectivity index (χ1v) is 6.99. The maximum atomic E-state index is 5.84. The van der Waals surface area contributed by atoms with Crippen LogP contribution in [0.15, 0.2) is 4.99 Å². The molecule has 2 aliphatic carbocycles. The van der Waals surface area contributed by atoms with Crippen molar-refractivity contribution >= 4 is 5.96 Å². The van der Waals surface area contributed by atoms with Gasteiger partial charge in [-0.1, -0.05) is 19.3 Å². The van der Waals surface area contributed by atoms with Crippen LogP contribution < -0.4 is 11.1 Å². The minimum atomic E-state index is 0.542. The predicted molar refractivity (Wildman–Crippen MR) is 70.0 cm³/mol. The highest BCUT2D eigenvalue weighted by Gasteiger charge is 2.20. The Labute approximate surface area is 104 Å². The molecule has 3 N–H and O–H groups in total. The van der Waals surface area contributed by atoms with Crippen molar-refractivity contribution in [1.82, 2.24) is 5.32 Å². The summed E-state index contributed by atoms with van der Waals surface area (Å²) in [7, 11) is 0. The third kappa shape index (κ3) is 5.39. The van der Waals surface area contributed by atoms with Crippen molar-refractivity contribution in [3.63, 3.8) is 0 Å². The summed E-state index contributed by atoms with van der Waals surface area (Å²) in [6, 6.07) is 0.542. The molecule has 0 spiro atoms. The van der Waals surface area contributed by atoms with Gasteiger partial charge in [-0.25, -0.2) is 0 Å². The van der Waals surface area contributed by atoms with Gasteiger partial charge in [-0.05, 0) is 31.6 Å². The number of ether oxygens (including phenoxy) is 1. The van der Waals surface area contributed by atoms with E-state index >= 15 is 0 Å². The second-order valence-corrected chi connectivity index (χ2v) is 5.26. The van der Waals surface area contributed by atoms with E-state index in [2.05, 4.69) is 10.3 Å². The Morgan fingerprint density at radius 1 is 1.18 bits per heavy atom. The molecule has 2 rings (SSSR count). The molecule has 0 aliphatic heterocycles. The molecule has 0 saturated heterocycles. The van der Waals surface area contributed by atoms with E-state index in [0.29, 0.717) is 25.2 Å². The van der Waals surface area contributed by atoms with Crippen LogP contribution in [-0.2, 0) is 4.74 Å². The Morgan fingerprint density at radius 3 is 2.65 bits per heavy atom. The van der Waals surface area contributed by atoms with Gasteiger partial charge in [-0.15, -0.1) is 0 Å². The SMILES string of the molecule is NC(=NCCOCC1CC1)NC1CCCCC1. The van der Waals surface area contributed by atoms with Crippen LogP contribution in [-0.4, -0.2) is 31.8 Å². The summed E-state index contributed by atoms with van der Waals surface area (Å²) < 4.78 is 5.51. The largest absolute Gasteiger partial charge is 0.379 e. The third-order valence-electron chi connectivity index (χ3n) is 3.53. The second kappa shape index (κ2) is 6.84. The minimum absolute atomic E-state index is 0.542. The van der Waals surface area contributed by atoms with Gasteiger partial charge < -0.3 is 15.8 Å². The van der Waals surface area contributed by atoms with Crippen molar-refractivity contribution < 1.29 is 4.74 Å². The topological polar surface area (TPSA) is 59.6 Å². The lowest BCUT2D eigenvalue weighted by Gasteiger charge is -2.23. The summed E-state index contributed by atoms with van der Waals surface area (Å²) in [6.07, 6.45) is 9.14. The number of guanidine groups is 1. The summed E-state index contributed by atoms with van der Waals surface area (Å²) in [5.74, 6) is 1.42. The number of nitrogens with zero attached hydrogens (tertiary/aromatic N) is 1. The van der Waals surface area contributed by atoms with Crippen LogP contribution in [0.2, 0.25) is 0 Å². The molecule has 2 aliphatic rings. The highest BCUT2D eigenvalue weighted by Crippen LogP contribution is 2.28. The molecule has 98 valence electrons. The van der Waals surface area contributed by atoms with Crippen LogP contribution >= 0.6 is 0 Å². The van der Waals surface area contributed by atoms with Crippen LogP contribution in [0.5, 0.6) is 0 Å². The Bertz CT molecular complexity index is 245. The Balaban J connectivity index is 1.52. The maximum Gasteiger partial charge on any atom is 0.188 e. The molecule has 0 aromatic heterocycles. The van der Waals surface area contributed by atoms with E-state index in [1.807, 2.05) is 0 Å². The Kier molecular flexibility index (Phi) is 5.10. The van der Waals surface area contributed by atoms with E-state index in [0.717, 1.165) is 12.5 Å². The Morgan fingerprint density at radius 2 is 1.94 bits per heavy atom. The lowest BCUT2D eigenvalue weighted by Crippen LogP contribution is -2.41. The lowest BCUT2D eigenvalue weighted by molar-refractivity contribution is 0.132. The molecule has 4 nitrogen and oxygen atoms in total. The fourth-order valence-electron chi connectivity index (χ4n) is 2.27. The van der Waals surface area contributed by atoms with E-state index in [1.165, 1.54) is 44.9 Å². The van der Waals surface area contributed by atoms with Crippen molar-refractivity contribution in [3.8, 4) is 0 Å². The average molecular weight is 239 g/mol. The van der Waals surface area contributed by atoms with E-state index < -0.39 is 0 Å². The van der Waals surface area contributed by atoms with Crippen molar-refractivity contribution in [3.05, 3.63) is 0 Å². The van der Waals surface area contributed by atoms with Gasteiger partial charge in [0.2, 0.25) is 0 Å². The lowest BCUT2D eigenvalue weighted by atomic mass is 9.96. The summed E-state index contributed by atoms with van der Waals surface area (Å²) in [4.78, 5) is 4.29. The highest BCUT2D eigenvalue weighted by molar-refractivity contribution is 5.78. The quantitative estimate of drug-likeness (QED) is 0.421. The van der Waals surface area contributed by atoms with Gasteiger partial charge in [0.05, 0.1) is 13.2 Å². The number of hydrogen-bond donors (Lipinski definition) is 2. The number of nitrogens with two attached hydrogens (primary N) is 1. The molecule has 0 unspecified atom stereocenters. The fourth-order valence-corrected chi connectivity index (χ4v) is 2.27. The first-order valence-electron chi connectivity index (χ1n) is 6.99. The maximum absolute atomic E-state index is 5.84. The predicted octanol–water partition coefficient (Wildman–Crippen LogP) is 1.65. The zero-order valence-corrected chi connectivity index (χ0v) is 10.7. The number of hydrogen-bond acceptors (Lipinski definition) is 2. The van der Waals surface area contributed by atoms with E-state index in [9.17, 15) is 0 Å². The van der Waals surface area contributed by atoms with Crippen molar-refractivity contribution in [2.45, 2.75) is 51.0 Å². The fraction of sp³-hybridized carbons (Fsp3) is 0.923. The molecule has 2 saturated carbocycles. The zero-order valence-electron chi connectivity index (χ0n) is 10.7. The first kappa shape index (κ1) is 12.7. The van der Waals surface area contributed by atoms with Gasteiger partial charge in [0.25, 0.3) is 0 Å². The van der Waals surface area contributed by atoms with E-state index in [1.54, 1.807) is 0 Å². The smallest absolute Gasteiger partial charge is 0.188 e. The van der Waals surface area contributed by atoms with Crippen LogP contribution in [0, 0.1) is 5.92 Å². The van der Waals surface area contributed by atoms with Crippen molar-refractivity contribution in [1.29, 1.82) is 0 Å². The monoisotopic (exact) mass is 239 g/mol. The molecule has 0 radical (unpaired) electrons. The van der Waals surface area contributed by atoms with Gasteiger partial charge in [-0.3, -0.25) is 4.99 Å².